The van der Waals surface area contributed by atoms with Crippen LogP contribution in [0.25, 0.3) is 0 Å². The van der Waals surface area contributed by atoms with Crippen LogP contribution in [-0.2, 0) is 29.0 Å². The number of rotatable bonds is 3. The number of aromatic nitrogens is 2. The molecule has 0 saturated heterocycles. The molecule has 0 unspecified atom stereocenters. The van der Waals surface area contributed by atoms with Gasteiger partial charge in [0.1, 0.15) is 12.2 Å². The quantitative estimate of drug-likeness (QED) is 0.725. The normalized spacial score (nSPS) is 13.2. The number of carbonyl (C=O) groups is 3. The third kappa shape index (κ3) is 5.74. The molecule has 0 saturated carbocycles. The number of H-pyrrole nitrogens is 1. The molecule has 0 aliphatic carbocycles. The Morgan fingerprint density at radius 1 is 1.23 bits per heavy atom. The summed E-state index contributed by atoms with van der Waals surface area (Å²) in [6.45, 7) is 6.11. The van der Waals surface area contributed by atoms with Crippen LogP contribution in [0.15, 0.2) is 30.3 Å². The van der Waals surface area contributed by atoms with Crippen LogP contribution in [0.4, 0.5) is 9.59 Å². The third-order valence-corrected chi connectivity index (χ3v) is 4.56. The lowest BCUT2D eigenvalue weighted by Gasteiger charge is -2.30. The molecule has 31 heavy (non-hydrogen) atoms. The zero-order chi connectivity index (χ0) is 22.6. The van der Waals surface area contributed by atoms with Crippen LogP contribution in [0.2, 0.25) is 0 Å². The number of hydrogen-bond acceptors (Lipinski definition) is 6. The first kappa shape index (κ1) is 22.1. The van der Waals surface area contributed by atoms with Gasteiger partial charge < -0.3 is 14.4 Å². The second kappa shape index (κ2) is 9.07. The van der Waals surface area contributed by atoms with Crippen molar-refractivity contribution >= 4 is 18.1 Å². The van der Waals surface area contributed by atoms with Crippen molar-refractivity contribution in [1.82, 2.24) is 25.5 Å². The van der Waals surface area contributed by atoms with Gasteiger partial charge in [0.2, 0.25) is 0 Å². The molecule has 10 heteroatoms. The van der Waals surface area contributed by atoms with Crippen LogP contribution in [-0.4, -0.2) is 57.4 Å². The molecule has 2 N–H and O–H groups in total. The van der Waals surface area contributed by atoms with Crippen LogP contribution in [0.1, 0.15) is 48.1 Å². The number of benzene rings is 1. The highest BCUT2D eigenvalue weighted by Crippen LogP contribution is 2.23. The SMILES string of the molecule is CN(NC(=O)OCc1ccccc1)C(=O)c1n[nH]c2c1CN(C(=O)OC(C)(C)C)CC2. The molecule has 0 bridgehead atoms. The van der Waals surface area contributed by atoms with Gasteiger partial charge >= 0.3 is 12.2 Å². The topological polar surface area (TPSA) is 117 Å². The van der Waals surface area contributed by atoms with Gasteiger partial charge in [-0.3, -0.25) is 9.89 Å². The lowest BCUT2D eigenvalue weighted by molar-refractivity contribution is 0.0222. The van der Waals surface area contributed by atoms with E-state index in [4.69, 9.17) is 9.47 Å². The summed E-state index contributed by atoms with van der Waals surface area (Å²) in [6, 6.07) is 9.20. The summed E-state index contributed by atoms with van der Waals surface area (Å²) in [4.78, 5) is 38.8. The van der Waals surface area contributed by atoms with E-state index in [1.54, 1.807) is 20.8 Å². The van der Waals surface area contributed by atoms with Crippen molar-refractivity contribution in [3.8, 4) is 0 Å². The van der Waals surface area contributed by atoms with E-state index in [9.17, 15) is 14.4 Å². The van der Waals surface area contributed by atoms with Gasteiger partial charge in [0.25, 0.3) is 5.91 Å². The summed E-state index contributed by atoms with van der Waals surface area (Å²) in [5, 5.41) is 7.96. The predicted molar refractivity (Wildman–Crippen MR) is 111 cm³/mol. The average Bonchev–Trinajstić information content (AvgIpc) is 3.14. The molecule has 1 aromatic heterocycles. The van der Waals surface area contributed by atoms with E-state index in [-0.39, 0.29) is 18.8 Å². The number of ether oxygens (including phenoxy) is 2. The summed E-state index contributed by atoms with van der Waals surface area (Å²) in [5.41, 5.74) is 4.11. The van der Waals surface area contributed by atoms with Crippen molar-refractivity contribution in [3.63, 3.8) is 0 Å². The predicted octanol–water partition coefficient (Wildman–Crippen LogP) is 2.62. The van der Waals surface area contributed by atoms with Gasteiger partial charge in [0, 0.05) is 31.3 Å². The second-order valence-electron chi connectivity index (χ2n) is 8.22. The molecule has 1 aliphatic heterocycles. The molecule has 0 atom stereocenters. The molecule has 0 fully saturated rings. The van der Waals surface area contributed by atoms with Crippen molar-refractivity contribution < 1.29 is 23.9 Å². The van der Waals surface area contributed by atoms with Crippen molar-refractivity contribution in [2.24, 2.45) is 0 Å². The van der Waals surface area contributed by atoms with Crippen LogP contribution in [0.3, 0.4) is 0 Å². The number of nitrogens with one attached hydrogen (secondary N) is 2. The summed E-state index contributed by atoms with van der Waals surface area (Å²) < 4.78 is 10.6. The summed E-state index contributed by atoms with van der Waals surface area (Å²) in [5.74, 6) is -0.528. The number of amides is 3. The van der Waals surface area contributed by atoms with Crippen molar-refractivity contribution in [2.45, 2.75) is 45.9 Å². The van der Waals surface area contributed by atoms with E-state index in [1.807, 2.05) is 30.3 Å². The van der Waals surface area contributed by atoms with Crippen molar-refractivity contribution in [3.05, 3.63) is 52.8 Å². The molecular formula is C21H27N5O5. The Kier molecular flexibility index (Phi) is 6.47. The van der Waals surface area contributed by atoms with Crippen LogP contribution in [0.5, 0.6) is 0 Å². The number of hydrogen-bond donors (Lipinski definition) is 2. The molecule has 1 aromatic carbocycles. The van der Waals surface area contributed by atoms with Gasteiger partial charge in [0.05, 0.1) is 6.54 Å². The third-order valence-electron chi connectivity index (χ3n) is 4.56. The fraction of sp³-hybridized carbons (Fsp3) is 0.429. The number of fused-ring (bicyclic) bond motifs is 1. The maximum Gasteiger partial charge on any atom is 0.426 e. The molecule has 2 heterocycles. The van der Waals surface area contributed by atoms with E-state index in [2.05, 4.69) is 15.6 Å². The molecule has 166 valence electrons. The van der Waals surface area contributed by atoms with Gasteiger partial charge in [-0.1, -0.05) is 30.3 Å². The van der Waals surface area contributed by atoms with Gasteiger partial charge in [0.15, 0.2) is 5.69 Å². The average molecular weight is 429 g/mol. The second-order valence-corrected chi connectivity index (χ2v) is 8.22. The summed E-state index contributed by atoms with van der Waals surface area (Å²) >= 11 is 0. The zero-order valence-corrected chi connectivity index (χ0v) is 18.1. The summed E-state index contributed by atoms with van der Waals surface area (Å²) in [7, 11) is 1.40. The van der Waals surface area contributed by atoms with E-state index < -0.39 is 23.7 Å². The number of hydrazine groups is 1. The number of carbonyl (C=O) groups excluding carboxylic acids is 3. The Balaban J connectivity index is 1.60. The molecule has 2 aromatic rings. The highest BCUT2D eigenvalue weighted by atomic mass is 16.6. The van der Waals surface area contributed by atoms with Crippen LogP contribution >= 0.6 is 0 Å². The molecule has 3 amide bonds. The Bertz CT molecular complexity index is 951. The Morgan fingerprint density at radius 3 is 2.61 bits per heavy atom. The molecule has 10 nitrogen and oxygen atoms in total. The minimum atomic E-state index is -0.764. The maximum absolute atomic E-state index is 12.8. The lowest BCUT2D eigenvalue weighted by Crippen LogP contribution is -2.44. The molecule has 3 rings (SSSR count). The van der Waals surface area contributed by atoms with E-state index in [0.29, 0.717) is 18.5 Å². The van der Waals surface area contributed by atoms with Gasteiger partial charge in [-0.15, -0.1) is 0 Å². The van der Waals surface area contributed by atoms with Crippen LogP contribution in [0, 0.1) is 0 Å². The van der Waals surface area contributed by atoms with Gasteiger partial charge in [-0.25, -0.2) is 20.0 Å². The number of nitrogens with zero attached hydrogens (tertiary/aromatic N) is 3. The fourth-order valence-corrected chi connectivity index (χ4v) is 3.06. The fourth-order valence-electron chi connectivity index (χ4n) is 3.06. The van der Waals surface area contributed by atoms with E-state index in [0.717, 1.165) is 16.3 Å². The minimum Gasteiger partial charge on any atom is -0.444 e. The highest BCUT2D eigenvalue weighted by molar-refractivity contribution is 5.94. The van der Waals surface area contributed by atoms with Crippen molar-refractivity contribution in [2.75, 3.05) is 13.6 Å². The first-order valence-corrected chi connectivity index (χ1v) is 9.93. The minimum absolute atomic E-state index is 0.0807. The highest BCUT2D eigenvalue weighted by Gasteiger charge is 2.31. The smallest absolute Gasteiger partial charge is 0.426 e. The van der Waals surface area contributed by atoms with E-state index in [1.165, 1.54) is 11.9 Å². The summed E-state index contributed by atoms with van der Waals surface area (Å²) in [6.07, 6.45) is -0.696. The van der Waals surface area contributed by atoms with Gasteiger partial charge in [-0.05, 0) is 26.3 Å². The lowest BCUT2D eigenvalue weighted by atomic mass is 10.1. The Labute approximate surface area is 180 Å². The van der Waals surface area contributed by atoms with Crippen molar-refractivity contribution in [1.29, 1.82) is 0 Å². The first-order chi connectivity index (χ1) is 14.6. The maximum atomic E-state index is 12.8. The monoisotopic (exact) mass is 429 g/mol. The van der Waals surface area contributed by atoms with Gasteiger partial charge in [-0.2, -0.15) is 5.10 Å². The zero-order valence-electron chi connectivity index (χ0n) is 18.1. The number of aromatic amines is 1. The standard InChI is InChI=1S/C21H27N5O5/c1-21(2,3)31-20(29)26-11-10-16-15(12-26)17(23-22-16)18(27)25(4)24-19(28)30-13-14-8-6-5-7-9-14/h5-9H,10-13H2,1-4H3,(H,22,23)(H,24,28). The molecular weight excluding hydrogens is 402 g/mol. The first-order valence-electron chi connectivity index (χ1n) is 9.93. The molecule has 0 radical (unpaired) electrons. The largest absolute Gasteiger partial charge is 0.444 e. The molecule has 1 aliphatic rings. The molecule has 0 spiro atoms. The van der Waals surface area contributed by atoms with E-state index >= 15 is 0 Å². The Morgan fingerprint density at radius 2 is 1.94 bits per heavy atom. The Hall–Kier alpha value is -3.56. The van der Waals surface area contributed by atoms with Crippen LogP contribution < -0.4 is 5.43 Å².